The number of aryl methyl sites for hydroxylation is 1. The van der Waals surface area contributed by atoms with E-state index in [1.807, 2.05) is 13.0 Å². The summed E-state index contributed by atoms with van der Waals surface area (Å²) in [6.45, 7) is 3.69. The Bertz CT molecular complexity index is 853. The Morgan fingerprint density at radius 3 is 2.87 bits per heavy atom. The minimum absolute atomic E-state index is 0.182. The Balaban J connectivity index is 1.80. The molecule has 3 N–H and O–H groups in total. The first-order chi connectivity index (χ1) is 11.2. The van der Waals surface area contributed by atoms with Gasteiger partial charge in [-0.15, -0.1) is 11.3 Å². The smallest absolute Gasteiger partial charge is 0.336 e. The second-order valence-electron chi connectivity index (χ2n) is 5.53. The Hall–Kier alpha value is -2.11. The maximum absolute atomic E-state index is 11.7. The summed E-state index contributed by atoms with van der Waals surface area (Å²) in [7, 11) is 0. The van der Waals surface area contributed by atoms with Crippen LogP contribution in [0.3, 0.4) is 0 Å². The lowest BCUT2D eigenvalue weighted by Crippen LogP contribution is -2.83. The molecule has 0 unspecified atom stereocenters. The van der Waals surface area contributed by atoms with E-state index in [-0.39, 0.29) is 11.4 Å². The minimum Gasteiger partial charge on any atom is -0.508 e. The molecular weight excluding hydrogens is 310 g/mol. The summed E-state index contributed by atoms with van der Waals surface area (Å²) in [5.74, 6) is 0.182. The van der Waals surface area contributed by atoms with Gasteiger partial charge >= 0.3 is 5.63 Å². The molecule has 0 aliphatic heterocycles. The monoisotopic (exact) mass is 330 g/mol. The number of aromatic hydroxyl groups is 1. The van der Waals surface area contributed by atoms with Gasteiger partial charge in [0.1, 0.15) is 17.9 Å². The lowest BCUT2D eigenvalue weighted by molar-refractivity contribution is -0.669. The number of hydrogen-bond donors (Lipinski definition) is 2. The van der Waals surface area contributed by atoms with E-state index in [9.17, 15) is 9.90 Å². The zero-order chi connectivity index (χ0) is 16.2. The van der Waals surface area contributed by atoms with Gasteiger partial charge in [-0.05, 0) is 29.5 Å². The summed E-state index contributed by atoms with van der Waals surface area (Å²) in [5, 5.41) is 15.1. The summed E-state index contributed by atoms with van der Waals surface area (Å²) < 4.78 is 5.22. The second-order valence-corrected chi connectivity index (χ2v) is 6.56. The van der Waals surface area contributed by atoms with Crippen molar-refractivity contribution in [2.75, 3.05) is 6.54 Å². The van der Waals surface area contributed by atoms with Crippen molar-refractivity contribution in [2.24, 2.45) is 0 Å². The van der Waals surface area contributed by atoms with E-state index in [2.05, 4.69) is 22.8 Å². The highest BCUT2D eigenvalue weighted by molar-refractivity contribution is 7.09. The zero-order valence-corrected chi connectivity index (χ0v) is 13.9. The van der Waals surface area contributed by atoms with E-state index in [0.717, 1.165) is 42.4 Å². The highest BCUT2D eigenvalue weighted by Crippen LogP contribution is 2.26. The maximum Gasteiger partial charge on any atom is 0.336 e. The van der Waals surface area contributed by atoms with Crippen molar-refractivity contribution in [1.29, 1.82) is 0 Å². The van der Waals surface area contributed by atoms with Gasteiger partial charge in [0.2, 0.25) is 0 Å². The van der Waals surface area contributed by atoms with E-state index in [1.165, 1.54) is 4.88 Å². The molecule has 0 radical (unpaired) electrons. The molecule has 23 heavy (non-hydrogen) atoms. The van der Waals surface area contributed by atoms with Gasteiger partial charge in [0.15, 0.2) is 0 Å². The molecule has 0 bridgehead atoms. The highest BCUT2D eigenvalue weighted by Gasteiger charge is 2.11. The molecule has 2 aromatic heterocycles. The van der Waals surface area contributed by atoms with Gasteiger partial charge < -0.3 is 14.8 Å². The van der Waals surface area contributed by atoms with E-state index < -0.39 is 0 Å². The average Bonchev–Trinajstić information content (AvgIpc) is 3.04. The van der Waals surface area contributed by atoms with Crippen LogP contribution in [0.25, 0.3) is 11.0 Å². The summed E-state index contributed by atoms with van der Waals surface area (Å²) in [6, 6.07) is 9.23. The lowest BCUT2D eigenvalue weighted by atomic mass is 10.0. The van der Waals surface area contributed by atoms with Gasteiger partial charge in [-0.1, -0.05) is 13.0 Å². The summed E-state index contributed by atoms with van der Waals surface area (Å²) in [5.41, 5.74) is 1.90. The number of thiophene rings is 1. The number of rotatable bonds is 6. The lowest BCUT2D eigenvalue weighted by Gasteiger charge is -2.08. The Morgan fingerprint density at radius 2 is 2.13 bits per heavy atom. The van der Waals surface area contributed by atoms with Crippen LogP contribution in [-0.2, 0) is 19.4 Å². The third kappa shape index (κ3) is 3.63. The predicted molar refractivity (Wildman–Crippen MR) is 92.0 cm³/mol. The summed E-state index contributed by atoms with van der Waals surface area (Å²) >= 11 is 1.77. The molecule has 0 fully saturated rings. The SMILES string of the molecule is CCc1cc2c(C[NH2+]CCc3cccs3)cc(=O)oc2cc1O. The fourth-order valence-corrected chi connectivity index (χ4v) is 3.44. The van der Waals surface area contributed by atoms with Crippen LogP contribution in [0.4, 0.5) is 0 Å². The van der Waals surface area contributed by atoms with Crippen LogP contribution < -0.4 is 10.9 Å². The van der Waals surface area contributed by atoms with Gasteiger partial charge in [-0.2, -0.15) is 0 Å². The standard InChI is InChI=1S/C18H19NO3S/c1-2-12-8-15-13(9-18(21)22-17(15)10-16(12)20)11-19-6-5-14-4-3-7-23-14/h3-4,7-10,19-20H,2,5-6,11H2,1H3/p+1. The van der Waals surface area contributed by atoms with Crippen molar-refractivity contribution in [2.45, 2.75) is 26.3 Å². The van der Waals surface area contributed by atoms with Crippen LogP contribution in [0.1, 0.15) is 22.9 Å². The zero-order valence-electron chi connectivity index (χ0n) is 13.0. The van der Waals surface area contributed by atoms with Crippen LogP contribution in [0.2, 0.25) is 0 Å². The molecule has 4 nitrogen and oxygen atoms in total. The Labute approximate surface area is 138 Å². The average molecular weight is 330 g/mol. The summed E-state index contributed by atoms with van der Waals surface area (Å²) in [6.07, 6.45) is 1.76. The number of nitrogens with two attached hydrogens (primary N) is 1. The number of fused-ring (bicyclic) bond motifs is 1. The number of phenolic OH excluding ortho intramolecular Hbond substituents is 1. The first-order valence-corrected chi connectivity index (χ1v) is 8.68. The van der Waals surface area contributed by atoms with Crippen molar-refractivity contribution in [3.05, 3.63) is 62.1 Å². The van der Waals surface area contributed by atoms with Gasteiger partial charge in [0.25, 0.3) is 0 Å². The number of benzene rings is 1. The molecule has 2 heterocycles. The third-order valence-corrected chi connectivity index (χ3v) is 4.89. The molecule has 0 atom stereocenters. The molecule has 3 rings (SSSR count). The van der Waals surface area contributed by atoms with Crippen molar-refractivity contribution in [1.82, 2.24) is 0 Å². The van der Waals surface area contributed by atoms with E-state index in [4.69, 9.17) is 4.42 Å². The first kappa shape index (κ1) is 15.8. The first-order valence-electron chi connectivity index (χ1n) is 7.80. The molecule has 0 aliphatic rings. The molecule has 1 aromatic carbocycles. The molecule has 0 saturated carbocycles. The van der Waals surface area contributed by atoms with Gasteiger partial charge in [0, 0.05) is 34.4 Å². The van der Waals surface area contributed by atoms with Gasteiger partial charge in [0.05, 0.1) is 6.54 Å². The molecule has 0 saturated heterocycles. The van der Waals surface area contributed by atoms with Crippen molar-refractivity contribution in [3.63, 3.8) is 0 Å². The fourth-order valence-electron chi connectivity index (χ4n) is 2.72. The van der Waals surface area contributed by atoms with Crippen LogP contribution >= 0.6 is 11.3 Å². The topological polar surface area (TPSA) is 67.0 Å². The Morgan fingerprint density at radius 1 is 1.26 bits per heavy atom. The van der Waals surface area contributed by atoms with E-state index in [0.29, 0.717) is 5.58 Å². The molecule has 3 aromatic rings. The quantitative estimate of drug-likeness (QED) is 0.539. The predicted octanol–water partition coefficient (Wildman–Crippen LogP) is 2.43. The van der Waals surface area contributed by atoms with Crippen LogP contribution in [0.5, 0.6) is 5.75 Å². The maximum atomic E-state index is 11.7. The molecule has 5 heteroatoms. The van der Waals surface area contributed by atoms with Crippen LogP contribution in [0.15, 0.2) is 44.9 Å². The number of hydrogen-bond acceptors (Lipinski definition) is 4. The second kappa shape index (κ2) is 6.98. The van der Waals surface area contributed by atoms with Crippen molar-refractivity contribution < 1.29 is 14.8 Å². The fraction of sp³-hybridized carbons (Fsp3) is 0.278. The third-order valence-electron chi connectivity index (χ3n) is 3.95. The van der Waals surface area contributed by atoms with Crippen LogP contribution in [-0.4, -0.2) is 11.7 Å². The largest absolute Gasteiger partial charge is 0.508 e. The molecule has 120 valence electrons. The Kier molecular flexibility index (Phi) is 4.79. The van der Waals surface area contributed by atoms with Crippen molar-refractivity contribution in [3.8, 4) is 5.75 Å². The van der Waals surface area contributed by atoms with Gasteiger partial charge in [-0.25, -0.2) is 4.79 Å². The van der Waals surface area contributed by atoms with E-state index >= 15 is 0 Å². The highest BCUT2D eigenvalue weighted by atomic mass is 32.1. The molecule has 0 spiro atoms. The van der Waals surface area contributed by atoms with Crippen molar-refractivity contribution >= 4 is 22.3 Å². The molecule has 0 amide bonds. The number of quaternary nitrogens is 1. The van der Waals surface area contributed by atoms with E-state index in [1.54, 1.807) is 23.5 Å². The summed E-state index contributed by atoms with van der Waals surface area (Å²) in [4.78, 5) is 13.1. The normalized spacial score (nSPS) is 11.2. The minimum atomic E-state index is -0.372. The molecule has 0 aliphatic carbocycles. The number of phenols is 1. The van der Waals surface area contributed by atoms with Gasteiger partial charge in [-0.3, -0.25) is 0 Å². The molecular formula is C18H20NO3S+. The van der Waals surface area contributed by atoms with Crippen LogP contribution in [0, 0.1) is 0 Å².